The zero-order valence-electron chi connectivity index (χ0n) is 19.5. The van der Waals surface area contributed by atoms with E-state index in [1.165, 1.54) is 36.4 Å². The third kappa shape index (κ3) is 5.76. The van der Waals surface area contributed by atoms with Crippen LogP contribution in [0.3, 0.4) is 0 Å². The summed E-state index contributed by atoms with van der Waals surface area (Å²) >= 11 is 0. The largest absolute Gasteiger partial charge is 0.343 e. The Bertz CT molecular complexity index is 1370. The van der Waals surface area contributed by atoms with E-state index in [4.69, 9.17) is 0 Å². The molecule has 3 aromatic carbocycles. The quantitative estimate of drug-likeness (QED) is 0.258. The predicted molar refractivity (Wildman–Crippen MR) is 132 cm³/mol. The highest BCUT2D eigenvalue weighted by Gasteiger charge is 2.30. The molecule has 37 heavy (non-hydrogen) atoms. The summed E-state index contributed by atoms with van der Waals surface area (Å²) < 4.78 is 0. The Labute approximate surface area is 211 Å². The Balaban J connectivity index is 1.30. The first-order valence-electron chi connectivity index (χ1n) is 11.4. The number of anilines is 1. The van der Waals surface area contributed by atoms with Gasteiger partial charge in [-0.3, -0.25) is 44.5 Å². The molecule has 0 radical (unpaired) electrons. The maximum absolute atomic E-state index is 12.8. The Morgan fingerprint density at radius 2 is 1.24 bits per heavy atom. The lowest BCUT2D eigenvalue weighted by Crippen LogP contribution is -2.46. The van der Waals surface area contributed by atoms with E-state index >= 15 is 0 Å². The SMILES string of the molecule is O=C(CNC(=O)c1ccccc1C(=O)c1ccccc1)NNC(=O)c1ccc(N2C(=O)CCC2=O)cc1. The van der Waals surface area contributed by atoms with Crippen LogP contribution in [0.25, 0.3) is 0 Å². The summed E-state index contributed by atoms with van der Waals surface area (Å²) in [6, 6.07) is 20.5. The number of amides is 5. The first-order valence-corrected chi connectivity index (χ1v) is 11.4. The average molecular weight is 498 g/mol. The van der Waals surface area contributed by atoms with E-state index < -0.39 is 24.3 Å². The van der Waals surface area contributed by atoms with Gasteiger partial charge in [0.15, 0.2) is 5.78 Å². The van der Waals surface area contributed by atoms with Gasteiger partial charge in [-0.15, -0.1) is 0 Å². The van der Waals surface area contributed by atoms with E-state index in [-0.39, 0.29) is 47.1 Å². The number of benzene rings is 3. The van der Waals surface area contributed by atoms with Gasteiger partial charge in [0.1, 0.15) is 0 Å². The minimum atomic E-state index is -0.696. The highest BCUT2D eigenvalue weighted by molar-refractivity contribution is 6.20. The molecule has 0 atom stereocenters. The highest BCUT2D eigenvalue weighted by Crippen LogP contribution is 2.22. The van der Waals surface area contributed by atoms with E-state index in [0.717, 1.165) is 4.90 Å². The first-order chi connectivity index (χ1) is 17.8. The molecular weight excluding hydrogens is 476 g/mol. The van der Waals surface area contributed by atoms with Crippen molar-refractivity contribution in [2.75, 3.05) is 11.4 Å². The number of hydrogen-bond acceptors (Lipinski definition) is 6. The second kappa shape index (κ2) is 11.1. The van der Waals surface area contributed by atoms with Gasteiger partial charge in [-0.1, -0.05) is 48.5 Å². The number of carbonyl (C=O) groups excluding carboxylic acids is 6. The Morgan fingerprint density at radius 3 is 1.89 bits per heavy atom. The Morgan fingerprint density at radius 1 is 0.649 bits per heavy atom. The maximum Gasteiger partial charge on any atom is 0.269 e. The summed E-state index contributed by atoms with van der Waals surface area (Å²) in [6.07, 6.45) is 0.303. The number of nitrogens with zero attached hydrogens (tertiary/aromatic N) is 1. The summed E-state index contributed by atoms with van der Waals surface area (Å²) in [7, 11) is 0. The third-order valence-corrected chi connectivity index (χ3v) is 5.62. The van der Waals surface area contributed by atoms with Crippen LogP contribution >= 0.6 is 0 Å². The standard InChI is InChI=1S/C27H22N4O6/c32-22(29-30-26(36)18-10-12-19(13-11-18)31-23(33)14-15-24(31)34)16-28-27(37)21-9-5-4-8-20(21)25(35)17-6-2-1-3-7-17/h1-13H,14-16H2,(H,28,37)(H,29,32)(H,30,36). The molecule has 0 bridgehead atoms. The normalized spacial score (nSPS) is 12.7. The molecule has 186 valence electrons. The topological polar surface area (TPSA) is 142 Å². The Hall–Kier alpha value is -5.12. The zero-order chi connectivity index (χ0) is 26.4. The molecule has 3 aromatic rings. The maximum atomic E-state index is 12.8. The van der Waals surface area contributed by atoms with Crippen molar-refractivity contribution in [1.29, 1.82) is 0 Å². The van der Waals surface area contributed by atoms with Gasteiger partial charge >= 0.3 is 0 Å². The average Bonchev–Trinajstić information content (AvgIpc) is 3.27. The molecule has 0 saturated carbocycles. The van der Waals surface area contributed by atoms with Crippen LogP contribution in [0.1, 0.15) is 49.5 Å². The van der Waals surface area contributed by atoms with Crippen LogP contribution in [0, 0.1) is 0 Å². The van der Waals surface area contributed by atoms with Crippen molar-refractivity contribution >= 4 is 41.0 Å². The van der Waals surface area contributed by atoms with Crippen LogP contribution in [0.2, 0.25) is 0 Å². The van der Waals surface area contributed by atoms with Crippen LogP contribution in [0.4, 0.5) is 5.69 Å². The molecule has 3 N–H and O–H groups in total. The molecule has 1 saturated heterocycles. The fourth-order valence-electron chi connectivity index (χ4n) is 3.75. The third-order valence-electron chi connectivity index (χ3n) is 5.62. The summed E-state index contributed by atoms with van der Waals surface area (Å²) in [5.41, 5.74) is 5.70. The minimum absolute atomic E-state index is 0.114. The van der Waals surface area contributed by atoms with Crippen molar-refractivity contribution < 1.29 is 28.8 Å². The van der Waals surface area contributed by atoms with E-state index in [9.17, 15) is 28.8 Å². The molecule has 0 aromatic heterocycles. The zero-order valence-corrected chi connectivity index (χ0v) is 19.5. The predicted octanol–water partition coefficient (Wildman–Crippen LogP) is 1.76. The molecule has 1 heterocycles. The molecule has 10 heteroatoms. The van der Waals surface area contributed by atoms with Gasteiger partial charge < -0.3 is 5.32 Å². The van der Waals surface area contributed by atoms with Crippen LogP contribution in [0.5, 0.6) is 0 Å². The number of nitrogens with one attached hydrogen (secondary N) is 3. The molecule has 0 unspecified atom stereocenters. The van der Waals surface area contributed by atoms with Gasteiger partial charge in [0, 0.05) is 29.5 Å². The highest BCUT2D eigenvalue weighted by atomic mass is 16.2. The van der Waals surface area contributed by atoms with Crippen molar-refractivity contribution in [3.63, 3.8) is 0 Å². The van der Waals surface area contributed by atoms with Gasteiger partial charge in [-0.2, -0.15) is 0 Å². The molecule has 4 rings (SSSR count). The van der Waals surface area contributed by atoms with Crippen molar-refractivity contribution in [1.82, 2.24) is 16.2 Å². The molecule has 0 aliphatic carbocycles. The van der Waals surface area contributed by atoms with Crippen LogP contribution < -0.4 is 21.1 Å². The second-order valence-electron chi connectivity index (χ2n) is 8.10. The lowest BCUT2D eigenvalue weighted by Gasteiger charge is -2.14. The summed E-state index contributed by atoms with van der Waals surface area (Å²) in [4.78, 5) is 74.7. The van der Waals surface area contributed by atoms with Gasteiger partial charge in [-0.05, 0) is 30.3 Å². The molecule has 0 spiro atoms. The molecule has 1 aliphatic rings. The minimum Gasteiger partial charge on any atom is -0.343 e. The fourth-order valence-corrected chi connectivity index (χ4v) is 3.75. The molecule has 1 aliphatic heterocycles. The van der Waals surface area contributed by atoms with Crippen molar-refractivity contribution in [2.24, 2.45) is 0 Å². The summed E-state index contributed by atoms with van der Waals surface area (Å²) in [5.74, 6) is -2.88. The van der Waals surface area contributed by atoms with E-state index in [1.807, 2.05) is 0 Å². The number of carbonyl (C=O) groups is 6. The molecular formula is C27H22N4O6. The molecule has 5 amide bonds. The van der Waals surface area contributed by atoms with Gasteiger partial charge in [0.25, 0.3) is 17.7 Å². The van der Waals surface area contributed by atoms with Gasteiger partial charge in [0.05, 0.1) is 17.8 Å². The number of hydrogen-bond donors (Lipinski definition) is 3. The lowest BCUT2D eigenvalue weighted by atomic mass is 9.98. The van der Waals surface area contributed by atoms with Crippen molar-refractivity contribution in [2.45, 2.75) is 12.8 Å². The van der Waals surface area contributed by atoms with Crippen LogP contribution in [-0.2, 0) is 14.4 Å². The fraction of sp³-hybridized carbons (Fsp3) is 0.111. The number of rotatable bonds is 7. The van der Waals surface area contributed by atoms with Crippen LogP contribution in [-0.4, -0.2) is 41.9 Å². The van der Waals surface area contributed by atoms with E-state index in [0.29, 0.717) is 11.3 Å². The summed E-state index contributed by atoms with van der Waals surface area (Å²) in [5, 5.41) is 2.43. The Kier molecular flexibility index (Phi) is 7.48. The van der Waals surface area contributed by atoms with Crippen molar-refractivity contribution in [3.05, 3.63) is 101 Å². The molecule has 10 nitrogen and oxygen atoms in total. The number of imide groups is 1. The lowest BCUT2D eigenvalue weighted by molar-refractivity contribution is -0.122. The van der Waals surface area contributed by atoms with Gasteiger partial charge in [-0.25, -0.2) is 0 Å². The number of ketones is 1. The smallest absolute Gasteiger partial charge is 0.269 e. The van der Waals surface area contributed by atoms with Gasteiger partial charge in [0.2, 0.25) is 11.8 Å². The monoisotopic (exact) mass is 498 g/mol. The summed E-state index contributed by atoms with van der Waals surface area (Å²) in [6.45, 7) is -0.453. The van der Waals surface area contributed by atoms with E-state index in [2.05, 4.69) is 16.2 Å². The first kappa shape index (κ1) is 25.0. The van der Waals surface area contributed by atoms with Crippen LogP contribution in [0.15, 0.2) is 78.9 Å². The second-order valence-corrected chi connectivity index (χ2v) is 8.10. The number of hydrazine groups is 1. The van der Waals surface area contributed by atoms with E-state index in [1.54, 1.807) is 42.5 Å². The molecule has 1 fully saturated rings. The van der Waals surface area contributed by atoms with Crippen molar-refractivity contribution in [3.8, 4) is 0 Å².